The molecular weight excluding hydrogens is 212 g/mol. The Morgan fingerprint density at radius 3 is 2.73 bits per heavy atom. The van der Waals surface area contributed by atoms with Crippen molar-refractivity contribution in [2.24, 2.45) is 0 Å². The third kappa shape index (κ3) is 2.10. The molecule has 0 fully saturated rings. The third-order valence-electron chi connectivity index (χ3n) is 1.81. The number of hydrogen-bond acceptors (Lipinski definition) is 5. The normalized spacial score (nSPS) is 10.5. The van der Waals surface area contributed by atoms with Gasteiger partial charge in [0.2, 0.25) is 5.16 Å². The van der Waals surface area contributed by atoms with Crippen LogP contribution in [-0.2, 0) is 0 Å². The van der Waals surface area contributed by atoms with Gasteiger partial charge in [0.1, 0.15) is 5.75 Å². The minimum atomic E-state index is 0.233. The molecule has 6 heteroatoms. The highest BCUT2D eigenvalue weighted by atomic mass is 32.2. The van der Waals surface area contributed by atoms with E-state index in [1.807, 2.05) is 6.92 Å². The molecule has 0 aliphatic rings. The summed E-state index contributed by atoms with van der Waals surface area (Å²) in [5, 5.41) is 21.3. The summed E-state index contributed by atoms with van der Waals surface area (Å²) < 4.78 is 1.65. The largest absolute Gasteiger partial charge is 0.508 e. The fourth-order valence-corrected chi connectivity index (χ4v) is 1.77. The summed E-state index contributed by atoms with van der Waals surface area (Å²) in [6, 6.07) is 6.76. The Kier molecular flexibility index (Phi) is 2.86. The first-order valence-electron chi connectivity index (χ1n) is 4.52. The molecule has 1 N–H and O–H groups in total. The molecule has 78 valence electrons. The molecule has 0 saturated carbocycles. The molecular formula is C9H10N4OS. The zero-order valence-corrected chi connectivity index (χ0v) is 8.98. The lowest BCUT2D eigenvalue weighted by atomic mass is 10.3. The van der Waals surface area contributed by atoms with Crippen LogP contribution in [0.15, 0.2) is 29.4 Å². The summed E-state index contributed by atoms with van der Waals surface area (Å²) in [4.78, 5) is 0. The topological polar surface area (TPSA) is 63.8 Å². The van der Waals surface area contributed by atoms with Gasteiger partial charge in [0, 0.05) is 0 Å². The van der Waals surface area contributed by atoms with Gasteiger partial charge in [0.15, 0.2) is 0 Å². The molecule has 0 bridgehead atoms. The van der Waals surface area contributed by atoms with Crippen molar-refractivity contribution in [1.29, 1.82) is 0 Å². The summed E-state index contributed by atoms with van der Waals surface area (Å²) >= 11 is 1.57. The molecule has 0 aliphatic carbocycles. The van der Waals surface area contributed by atoms with Crippen LogP contribution in [0.5, 0.6) is 5.75 Å². The van der Waals surface area contributed by atoms with Gasteiger partial charge in [-0.25, -0.2) is 0 Å². The molecule has 0 spiro atoms. The van der Waals surface area contributed by atoms with E-state index in [4.69, 9.17) is 5.11 Å². The average molecular weight is 222 g/mol. The number of benzene rings is 1. The molecule has 2 aromatic rings. The van der Waals surface area contributed by atoms with Crippen LogP contribution in [0.3, 0.4) is 0 Å². The number of aromatic nitrogens is 4. The van der Waals surface area contributed by atoms with Gasteiger partial charge in [-0.15, -0.1) is 5.10 Å². The fraction of sp³-hybridized carbons (Fsp3) is 0.222. The van der Waals surface area contributed by atoms with Gasteiger partial charge in [0.25, 0.3) is 0 Å². The van der Waals surface area contributed by atoms with Crippen molar-refractivity contribution >= 4 is 11.8 Å². The van der Waals surface area contributed by atoms with Gasteiger partial charge in [-0.1, -0.05) is 18.7 Å². The maximum atomic E-state index is 9.16. The third-order valence-corrected chi connectivity index (χ3v) is 2.61. The second-order valence-corrected chi connectivity index (χ2v) is 4.05. The molecule has 15 heavy (non-hydrogen) atoms. The number of phenolic OH excluding ortho intramolecular Hbond substituents is 1. The first-order valence-corrected chi connectivity index (χ1v) is 5.50. The summed E-state index contributed by atoms with van der Waals surface area (Å²) in [7, 11) is 0. The van der Waals surface area contributed by atoms with Gasteiger partial charge in [-0.2, -0.15) is 4.68 Å². The summed E-state index contributed by atoms with van der Waals surface area (Å²) in [6.45, 7) is 2.04. The SMILES string of the molecule is CCSc1nnnn1-c1ccc(O)cc1. The Bertz CT molecular complexity index is 440. The quantitative estimate of drug-likeness (QED) is 0.797. The lowest BCUT2D eigenvalue weighted by Gasteiger charge is -2.02. The Labute approximate surface area is 91.1 Å². The predicted octanol–water partition coefficient (Wildman–Crippen LogP) is 1.48. The molecule has 0 radical (unpaired) electrons. The van der Waals surface area contributed by atoms with Gasteiger partial charge < -0.3 is 5.11 Å². The maximum absolute atomic E-state index is 9.16. The first-order chi connectivity index (χ1) is 7.31. The van der Waals surface area contributed by atoms with E-state index < -0.39 is 0 Å². The standard InChI is InChI=1S/C9H10N4OS/c1-2-15-9-10-11-12-13(9)7-3-5-8(14)6-4-7/h3-6,14H,2H2,1H3. The number of nitrogens with zero attached hydrogens (tertiary/aromatic N) is 4. The molecule has 0 amide bonds. The van der Waals surface area contributed by atoms with Crippen molar-refractivity contribution in [3.8, 4) is 11.4 Å². The van der Waals surface area contributed by atoms with Crippen molar-refractivity contribution in [3.63, 3.8) is 0 Å². The summed E-state index contributed by atoms with van der Waals surface area (Å²) in [5.74, 6) is 1.15. The van der Waals surface area contributed by atoms with E-state index in [2.05, 4.69) is 15.5 Å². The maximum Gasteiger partial charge on any atom is 0.214 e. The Morgan fingerprint density at radius 1 is 1.33 bits per heavy atom. The number of thioether (sulfide) groups is 1. The molecule has 1 heterocycles. The Morgan fingerprint density at radius 2 is 2.07 bits per heavy atom. The van der Waals surface area contributed by atoms with Crippen molar-refractivity contribution in [1.82, 2.24) is 20.2 Å². The summed E-state index contributed by atoms with van der Waals surface area (Å²) in [6.07, 6.45) is 0. The first kappa shape index (κ1) is 9.97. The van der Waals surface area contributed by atoms with Crippen LogP contribution < -0.4 is 0 Å². The van der Waals surface area contributed by atoms with Crippen molar-refractivity contribution in [3.05, 3.63) is 24.3 Å². The molecule has 5 nitrogen and oxygen atoms in total. The number of aromatic hydroxyl groups is 1. The molecule has 1 aromatic carbocycles. The summed E-state index contributed by atoms with van der Waals surface area (Å²) in [5.41, 5.74) is 0.841. The fourth-order valence-electron chi connectivity index (χ4n) is 1.15. The van der Waals surface area contributed by atoms with Crippen LogP contribution in [-0.4, -0.2) is 31.1 Å². The van der Waals surface area contributed by atoms with Crippen LogP contribution >= 0.6 is 11.8 Å². The smallest absolute Gasteiger partial charge is 0.214 e. The van der Waals surface area contributed by atoms with E-state index >= 15 is 0 Å². The molecule has 0 aliphatic heterocycles. The lowest BCUT2D eigenvalue weighted by Crippen LogP contribution is -1.98. The number of tetrazole rings is 1. The van der Waals surface area contributed by atoms with E-state index in [1.54, 1.807) is 40.7 Å². The van der Waals surface area contributed by atoms with E-state index in [9.17, 15) is 0 Å². The second kappa shape index (κ2) is 4.31. The zero-order chi connectivity index (χ0) is 10.7. The van der Waals surface area contributed by atoms with Gasteiger partial charge in [-0.05, 0) is 40.4 Å². The Balaban J connectivity index is 2.36. The van der Waals surface area contributed by atoms with Crippen molar-refractivity contribution in [2.75, 3.05) is 5.75 Å². The minimum Gasteiger partial charge on any atom is -0.508 e. The molecule has 1 aromatic heterocycles. The average Bonchev–Trinajstić information content (AvgIpc) is 2.68. The molecule has 2 rings (SSSR count). The van der Waals surface area contributed by atoms with Crippen LogP contribution in [0.4, 0.5) is 0 Å². The van der Waals surface area contributed by atoms with Crippen LogP contribution in [0.25, 0.3) is 5.69 Å². The van der Waals surface area contributed by atoms with E-state index in [0.717, 1.165) is 16.6 Å². The van der Waals surface area contributed by atoms with Crippen molar-refractivity contribution in [2.45, 2.75) is 12.1 Å². The van der Waals surface area contributed by atoms with Gasteiger partial charge in [0.05, 0.1) is 5.69 Å². The highest BCUT2D eigenvalue weighted by Crippen LogP contribution is 2.19. The van der Waals surface area contributed by atoms with Crippen LogP contribution in [0, 0.1) is 0 Å². The Hall–Kier alpha value is -1.56. The highest BCUT2D eigenvalue weighted by molar-refractivity contribution is 7.99. The second-order valence-electron chi connectivity index (χ2n) is 2.82. The number of phenols is 1. The van der Waals surface area contributed by atoms with Crippen LogP contribution in [0.2, 0.25) is 0 Å². The predicted molar refractivity (Wildman–Crippen MR) is 57.2 cm³/mol. The van der Waals surface area contributed by atoms with Crippen molar-refractivity contribution < 1.29 is 5.11 Å². The van der Waals surface area contributed by atoms with Crippen LogP contribution in [0.1, 0.15) is 6.92 Å². The van der Waals surface area contributed by atoms with Gasteiger partial charge >= 0.3 is 0 Å². The highest BCUT2D eigenvalue weighted by Gasteiger charge is 2.07. The van der Waals surface area contributed by atoms with E-state index in [-0.39, 0.29) is 5.75 Å². The zero-order valence-electron chi connectivity index (χ0n) is 8.16. The van der Waals surface area contributed by atoms with E-state index in [0.29, 0.717) is 0 Å². The molecule has 0 saturated heterocycles. The molecule has 0 atom stereocenters. The number of rotatable bonds is 3. The molecule has 0 unspecified atom stereocenters. The number of hydrogen-bond donors (Lipinski definition) is 1. The monoisotopic (exact) mass is 222 g/mol. The lowest BCUT2D eigenvalue weighted by molar-refractivity contribution is 0.475. The van der Waals surface area contributed by atoms with Gasteiger partial charge in [-0.3, -0.25) is 0 Å². The van der Waals surface area contributed by atoms with E-state index in [1.165, 1.54) is 0 Å². The minimum absolute atomic E-state index is 0.233.